The van der Waals surface area contributed by atoms with Crippen LogP contribution in [0.1, 0.15) is 25.3 Å². The number of carbonyl (C=O) groups is 1. The van der Waals surface area contributed by atoms with Gasteiger partial charge in [-0.25, -0.2) is 0 Å². The molecule has 2 rings (SSSR count). The molecule has 2 aromatic rings. The molecule has 0 saturated carbocycles. The highest BCUT2D eigenvalue weighted by Crippen LogP contribution is 2.18. The summed E-state index contributed by atoms with van der Waals surface area (Å²) < 4.78 is 12.9. The Labute approximate surface area is 126 Å². The lowest BCUT2D eigenvalue weighted by Crippen LogP contribution is -2.20. The minimum Gasteiger partial charge on any atom is -0.325 e. The Morgan fingerprint density at radius 3 is 2.86 bits per heavy atom. The molecule has 112 valence electrons. The van der Waals surface area contributed by atoms with Crippen molar-refractivity contribution in [3.63, 3.8) is 0 Å². The molecule has 1 aromatic carbocycles. The largest absolute Gasteiger partial charge is 0.325 e. The molecule has 0 unspecified atom stereocenters. The maximum Gasteiger partial charge on any atom is 0.244 e. The van der Waals surface area contributed by atoms with E-state index in [0.717, 1.165) is 11.3 Å². The molecule has 1 heterocycles. The predicted octanol–water partition coefficient (Wildman–Crippen LogP) is 1.78. The summed E-state index contributed by atoms with van der Waals surface area (Å²) in [4.78, 5) is 12.0. The maximum absolute atomic E-state index is 12.0. The van der Waals surface area contributed by atoms with Gasteiger partial charge >= 0.3 is 0 Å². The summed E-state index contributed by atoms with van der Waals surface area (Å²) in [5, 5.41) is 10.5. The van der Waals surface area contributed by atoms with Gasteiger partial charge in [-0.3, -0.25) is 13.6 Å². The zero-order valence-corrected chi connectivity index (χ0v) is 13.1. The zero-order chi connectivity index (χ0) is 15.4. The molecule has 0 aliphatic heterocycles. The SMILES string of the molecule is CC(C)c1cccc(NC(=O)Cn2cnnc2[S@](C)=O)c1. The molecule has 0 aliphatic rings. The van der Waals surface area contributed by atoms with E-state index in [1.807, 2.05) is 24.3 Å². The van der Waals surface area contributed by atoms with E-state index < -0.39 is 10.8 Å². The summed E-state index contributed by atoms with van der Waals surface area (Å²) in [5.41, 5.74) is 1.91. The van der Waals surface area contributed by atoms with Crippen molar-refractivity contribution in [3.05, 3.63) is 36.2 Å². The van der Waals surface area contributed by atoms with E-state index in [4.69, 9.17) is 0 Å². The predicted molar refractivity (Wildman–Crippen MR) is 81.5 cm³/mol. The molecule has 6 nitrogen and oxygen atoms in total. The van der Waals surface area contributed by atoms with Crippen molar-refractivity contribution >= 4 is 22.4 Å². The van der Waals surface area contributed by atoms with Crippen LogP contribution >= 0.6 is 0 Å². The number of anilines is 1. The lowest BCUT2D eigenvalue weighted by atomic mass is 10.0. The molecule has 0 fully saturated rings. The summed E-state index contributed by atoms with van der Waals surface area (Å²) in [7, 11) is -1.27. The van der Waals surface area contributed by atoms with Gasteiger partial charge in [-0.1, -0.05) is 26.0 Å². The minimum atomic E-state index is -1.27. The minimum absolute atomic E-state index is 0.0355. The topological polar surface area (TPSA) is 76.9 Å². The van der Waals surface area contributed by atoms with Crippen LogP contribution in [-0.2, 0) is 22.1 Å². The van der Waals surface area contributed by atoms with E-state index in [-0.39, 0.29) is 12.5 Å². The molecule has 1 N–H and O–H groups in total. The van der Waals surface area contributed by atoms with Crippen LogP contribution in [0.4, 0.5) is 5.69 Å². The zero-order valence-electron chi connectivity index (χ0n) is 12.2. The van der Waals surface area contributed by atoms with Crippen LogP contribution in [0.25, 0.3) is 0 Å². The fourth-order valence-corrected chi connectivity index (χ4v) is 2.51. The van der Waals surface area contributed by atoms with Gasteiger partial charge < -0.3 is 5.32 Å². The van der Waals surface area contributed by atoms with Gasteiger partial charge in [0.1, 0.15) is 12.9 Å². The number of hydrogen-bond donors (Lipinski definition) is 1. The van der Waals surface area contributed by atoms with Crippen LogP contribution in [0.2, 0.25) is 0 Å². The van der Waals surface area contributed by atoms with Crippen LogP contribution in [0.15, 0.2) is 35.7 Å². The molecular formula is C14H18N4O2S. The molecular weight excluding hydrogens is 288 g/mol. The summed E-state index contributed by atoms with van der Waals surface area (Å²) in [6, 6.07) is 7.73. The number of nitrogens with zero attached hydrogens (tertiary/aromatic N) is 3. The molecule has 1 amide bonds. The number of benzene rings is 1. The summed E-state index contributed by atoms with van der Waals surface area (Å²) in [5.74, 6) is 0.191. The highest BCUT2D eigenvalue weighted by Gasteiger charge is 2.12. The maximum atomic E-state index is 12.0. The first-order valence-corrected chi connectivity index (χ1v) is 8.14. The van der Waals surface area contributed by atoms with Gasteiger partial charge in [0.2, 0.25) is 11.1 Å². The molecule has 0 saturated heterocycles. The normalized spacial score (nSPS) is 12.4. The standard InChI is InChI=1S/C14H18N4O2S/c1-10(2)11-5-4-6-12(7-11)16-13(19)8-18-9-15-17-14(18)21(3)20/h4-7,9-10H,8H2,1-3H3,(H,16,19)/t21-/m0/s1. The average Bonchev–Trinajstić information content (AvgIpc) is 2.87. The third kappa shape index (κ3) is 3.98. The van der Waals surface area contributed by atoms with E-state index >= 15 is 0 Å². The second kappa shape index (κ2) is 6.62. The first kappa shape index (κ1) is 15.4. The highest BCUT2D eigenvalue weighted by molar-refractivity contribution is 7.84. The van der Waals surface area contributed by atoms with Crippen LogP contribution in [-0.4, -0.2) is 31.1 Å². The fourth-order valence-electron chi connectivity index (χ4n) is 1.91. The van der Waals surface area contributed by atoms with E-state index in [1.165, 1.54) is 17.2 Å². The monoisotopic (exact) mass is 306 g/mol. The van der Waals surface area contributed by atoms with Crippen molar-refractivity contribution < 1.29 is 9.00 Å². The van der Waals surface area contributed by atoms with Crippen LogP contribution in [0, 0.1) is 0 Å². The Morgan fingerprint density at radius 2 is 2.19 bits per heavy atom. The van der Waals surface area contributed by atoms with Gasteiger partial charge in [0.25, 0.3) is 0 Å². The quantitative estimate of drug-likeness (QED) is 0.913. The van der Waals surface area contributed by atoms with Crippen molar-refractivity contribution in [2.75, 3.05) is 11.6 Å². The number of hydrogen-bond acceptors (Lipinski definition) is 4. The molecule has 21 heavy (non-hydrogen) atoms. The molecule has 7 heteroatoms. The Morgan fingerprint density at radius 1 is 1.43 bits per heavy atom. The van der Waals surface area contributed by atoms with Gasteiger partial charge in [0, 0.05) is 11.9 Å². The molecule has 0 aliphatic carbocycles. The van der Waals surface area contributed by atoms with Gasteiger partial charge in [0.05, 0.1) is 10.8 Å². The van der Waals surface area contributed by atoms with Crippen LogP contribution in [0.5, 0.6) is 0 Å². The van der Waals surface area contributed by atoms with E-state index in [1.54, 1.807) is 0 Å². The fraction of sp³-hybridized carbons (Fsp3) is 0.357. The number of aromatic nitrogens is 3. The Kier molecular flexibility index (Phi) is 4.85. The van der Waals surface area contributed by atoms with Crippen molar-refractivity contribution in [1.29, 1.82) is 0 Å². The van der Waals surface area contributed by atoms with Crippen molar-refractivity contribution in [2.24, 2.45) is 0 Å². The molecule has 1 aromatic heterocycles. The lowest BCUT2D eigenvalue weighted by Gasteiger charge is -2.10. The first-order valence-electron chi connectivity index (χ1n) is 6.58. The first-order chi connectivity index (χ1) is 9.97. The van der Waals surface area contributed by atoms with Gasteiger partial charge in [-0.05, 0) is 23.6 Å². The third-order valence-electron chi connectivity index (χ3n) is 2.99. The van der Waals surface area contributed by atoms with Gasteiger partial charge in [-0.15, -0.1) is 10.2 Å². The lowest BCUT2D eigenvalue weighted by molar-refractivity contribution is -0.116. The Hall–Kier alpha value is -2.02. The summed E-state index contributed by atoms with van der Waals surface area (Å²) in [6.45, 7) is 4.23. The molecule has 0 bridgehead atoms. The van der Waals surface area contributed by atoms with E-state index in [9.17, 15) is 9.00 Å². The number of rotatable bonds is 5. The molecule has 0 spiro atoms. The molecule has 1 atom stereocenters. The molecule has 0 radical (unpaired) electrons. The number of nitrogens with one attached hydrogen (secondary N) is 1. The van der Waals surface area contributed by atoms with Crippen molar-refractivity contribution in [1.82, 2.24) is 14.8 Å². The van der Waals surface area contributed by atoms with E-state index in [0.29, 0.717) is 11.1 Å². The summed E-state index contributed by atoms with van der Waals surface area (Å²) in [6.07, 6.45) is 2.91. The third-order valence-corrected chi connectivity index (χ3v) is 3.82. The smallest absolute Gasteiger partial charge is 0.244 e. The van der Waals surface area contributed by atoms with Gasteiger partial charge in [-0.2, -0.15) is 0 Å². The van der Waals surface area contributed by atoms with E-state index in [2.05, 4.69) is 29.4 Å². The second-order valence-electron chi connectivity index (χ2n) is 5.02. The second-order valence-corrected chi connectivity index (χ2v) is 6.30. The average molecular weight is 306 g/mol. The van der Waals surface area contributed by atoms with Crippen LogP contribution in [0.3, 0.4) is 0 Å². The van der Waals surface area contributed by atoms with Crippen LogP contribution < -0.4 is 5.32 Å². The highest BCUT2D eigenvalue weighted by atomic mass is 32.2. The van der Waals surface area contributed by atoms with Crippen molar-refractivity contribution in [3.8, 4) is 0 Å². The number of carbonyl (C=O) groups excluding carboxylic acids is 1. The Balaban J connectivity index is 2.06. The Bertz CT molecular complexity index is 666. The van der Waals surface area contributed by atoms with Crippen molar-refractivity contribution in [2.45, 2.75) is 31.5 Å². The number of amides is 1. The van der Waals surface area contributed by atoms with Gasteiger partial charge in [0.15, 0.2) is 0 Å². The summed E-state index contributed by atoms with van der Waals surface area (Å²) >= 11 is 0.